The first kappa shape index (κ1) is 69.4. The molecule has 1 fully saturated rings. The molecule has 76 heavy (non-hydrogen) atoms. The summed E-state index contributed by atoms with van der Waals surface area (Å²) in [5.41, 5.74) is -2.05. The van der Waals surface area contributed by atoms with Gasteiger partial charge in [-0.05, 0) is 136 Å². The van der Waals surface area contributed by atoms with E-state index >= 15 is 0 Å². The molecular weight excluding hydrogens is 1690 g/mol. The van der Waals surface area contributed by atoms with Crippen molar-refractivity contribution < 1.29 is 89.7 Å². The third-order valence-electron chi connectivity index (χ3n) is 12.1. The van der Waals surface area contributed by atoms with Gasteiger partial charge in [-0.15, -0.1) is 0 Å². The van der Waals surface area contributed by atoms with Crippen LogP contribution in [0, 0.1) is 21.4 Å². The first-order valence-corrected chi connectivity index (χ1v) is 30.1. The van der Waals surface area contributed by atoms with Gasteiger partial charge >= 0.3 is 0 Å². The summed E-state index contributed by atoms with van der Waals surface area (Å²) in [7, 11) is 0. The van der Waals surface area contributed by atoms with Gasteiger partial charge in [-0.2, -0.15) is 0 Å². The van der Waals surface area contributed by atoms with E-state index in [-0.39, 0.29) is 127 Å². The van der Waals surface area contributed by atoms with Crippen LogP contribution in [0.5, 0.6) is 0 Å². The SMILES string of the molecule is CC(=O)N(CC(O)CC1(O)CC(CO)OC(CN(C(C)=O)c2c(I)c(C(=O)N(CCO)CCO)c(I)c(C(=O)N(CCO)CCO)c2I)C1)c1c(I)c(C(=O)N(CCO)CCO)c(I)c(C(=O)N(CCO)CCO)c1I. The highest BCUT2D eigenvalue weighted by molar-refractivity contribution is 14.1. The fourth-order valence-corrected chi connectivity index (χ4v) is 18.1. The second-order valence-corrected chi connectivity index (χ2v) is 23.8. The predicted octanol–water partition coefficient (Wildman–Crippen LogP) is -0.551. The van der Waals surface area contributed by atoms with Crippen molar-refractivity contribution in [3.05, 3.63) is 43.7 Å². The molecule has 0 bridgehead atoms. The van der Waals surface area contributed by atoms with E-state index in [9.17, 15) is 84.9 Å². The van der Waals surface area contributed by atoms with Crippen LogP contribution in [0.15, 0.2) is 0 Å². The minimum absolute atomic E-state index is 0.0204. The van der Waals surface area contributed by atoms with Gasteiger partial charge in [0.2, 0.25) is 11.8 Å². The van der Waals surface area contributed by atoms with Gasteiger partial charge in [0.15, 0.2) is 0 Å². The number of benzene rings is 2. The molecule has 2 aromatic carbocycles. The first-order chi connectivity index (χ1) is 35.9. The minimum Gasteiger partial charge on any atom is -0.395 e. The predicted molar refractivity (Wildman–Crippen MR) is 326 cm³/mol. The number of ether oxygens (including phenoxy) is 1. The summed E-state index contributed by atoms with van der Waals surface area (Å²) < 4.78 is 7.18. The molecule has 0 spiro atoms. The van der Waals surface area contributed by atoms with E-state index in [4.69, 9.17) is 4.74 Å². The molecule has 1 aliphatic rings. The summed E-state index contributed by atoms with van der Waals surface area (Å²) in [6, 6.07) is 0. The van der Waals surface area contributed by atoms with Gasteiger partial charge in [0.05, 0.1) is 144 Å². The minimum atomic E-state index is -1.88. The smallest absolute Gasteiger partial charge is 0.256 e. The van der Waals surface area contributed by atoms with Crippen LogP contribution < -0.4 is 9.80 Å². The number of hydrogen-bond donors (Lipinski definition) is 11. The monoisotopic (exact) mass is 1750 g/mol. The van der Waals surface area contributed by atoms with Gasteiger partial charge in [-0.3, -0.25) is 28.8 Å². The Kier molecular flexibility index (Phi) is 30.4. The summed E-state index contributed by atoms with van der Waals surface area (Å²) in [4.78, 5) is 92.1. The Morgan fingerprint density at radius 1 is 0.487 bits per heavy atom. The van der Waals surface area contributed by atoms with Crippen LogP contribution in [0.4, 0.5) is 11.4 Å². The summed E-state index contributed by atoms with van der Waals surface area (Å²) >= 11 is 11.0. The Labute approximate surface area is 521 Å². The third-order valence-corrected chi connectivity index (χ3v) is 18.4. The topological polar surface area (TPSA) is 354 Å². The lowest BCUT2D eigenvalue weighted by Crippen LogP contribution is -2.53. The van der Waals surface area contributed by atoms with Crippen LogP contribution in [0.1, 0.15) is 74.5 Å². The number of halogens is 6. The van der Waals surface area contributed by atoms with Crippen molar-refractivity contribution in [2.45, 2.75) is 57.0 Å². The van der Waals surface area contributed by atoms with E-state index in [1.54, 1.807) is 0 Å². The normalized spacial score (nSPS) is 16.8. The molecule has 6 amide bonds. The Morgan fingerprint density at radius 3 is 1.03 bits per heavy atom. The molecule has 2 aromatic rings. The Balaban J connectivity index is 2.23. The van der Waals surface area contributed by atoms with Crippen molar-refractivity contribution in [1.82, 2.24) is 19.6 Å². The highest BCUT2D eigenvalue weighted by Crippen LogP contribution is 2.43. The van der Waals surface area contributed by atoms with Crippen molar-refractivity contribution >= 4 is 182 Å². The van der Waals surface area contributed by atoms with E-state index in [1.165, 1.54) is 28.5 Å². The summed E-state index contributed by atoms with van der Waals surface area (Å²) in [6.07, 6.45) is -4.73. The zero-order valence-corrected chi connectivity index (χ0v) is 54.5. The maximum atomic E-state index is 14.4. The van der Waals surface area contributed by atoms with Crippen molar-refractivity contribution in [2.24, 2.45) is 0 Å². The lowest BCUT2D eigenvalue weighted by atomic mass is 9.82. The summed E-state index contributed by atoms with van der Waals surface area (Å²) in [6.45, 7) is -4.51. The Hall–Kier alpha value is -0.840. The van der Waals surface area contributed by atoms with E-state index in [1.807, 2.05) is 136 Å². The van der Waals surface area contributed by atoms with Gasteiger partial charge < -0.3 is 90.3 Å². The van der Waals surface area contributed by atoms with Crippen LogP contribution in [0.2, 0.25) is 0 Å². The molecule has 24 nitrogen and oxygen atoms in total. The molecular formula is C46H64I6N6O18. The van der Waals surface area contributed by atoms with Crippen LogP contribution in [-0.2, 0) is 14.3 Å². The van der Waals surface area contributed by atoms with Crippen molar-refractivity contribution in [2.75, 3.05) is 135 Å². The number of carbonyl (C=O) groups excluding carboxylic acids is 6. The second-order valence-electron chi connectivity index (χ2n) is 17.4. The highest BCUT2D eigenvalue weighted by Gasteiger charge is 2.44. The lowest BCUT2D eigenvalue weighted by Gasteiger charge is -2.43. The maximum Gasteiger partial charge on any atom is 0.256 e. The van der Waals surface area contributed by atoms with Gasteiger partial charge in [0.1, 0.15) is 0 Å². The second kappa shape index (κ2) is 33.3. The average Bonchev–Trinajstić information content (AvgIpc) is 3.34. The number of carbonyl (C=O) groups is 6. The van der Waals surface area contributed by atoms with Crippen molar-refractivity contribution in [3.63, 3.8) is 0 Å². The fraction of sp³-hybridized carbons (Fsp3) is 0.609. The number of aliphatic hydroxyl groups is 11. The van der Waals surface area contributed by atoms with Crippen LogP contribution in [0.25, 0.3) is 0 Å². The zero-order valence-electron chi connectivity index (χ0n) is 41.5. The maximum absolute atomic E-state index is 14.4. The van der Waals surface area contributed by atoms with Crippen molar-refractivity contribution in [3.8, 4) is 0 Å². The van der Waals surface area contributed by atoms with Crippen LogP contribution in [0.3, 0.4) is 0 Å². The zero-order chi connectivity index (χ0) is 57.4. The van der Waals surface area contributed by atoms with E-state index in [2.05, 4.69) is 0 Å². The molecule has 428 valence electrons. The van der Waals surface area contributed by atoms with E-state index in [0.717, 1.165) is 14.7 Å². The Bertz CT molecular complexity index is 2240. The number of anilines is 2. The first-order valence-electron chi connectivity index (χ1n) is 23.6. The summed E-state index contributed by atoms with van der Waals surface area (Å²) in [5, 5.41) is 114. The molecule has 0 radical (unpaired) electrons. The summed E-state index contributed by atoms with van der Waals surface area (Å²) in [5.74, 6) is -4.09. The quantitative estimate of drug-likeness (QED) is 0.0455. The number of aliphatic hydroxyl groups excluding tert-OH is 10. The van der Waals surface area contributed by atoms with Crippen molar-refractivity contribution in [1.29, 1.82) is 0 Å². The molecule has 0 aromatic heterocycles. The molecule has 1 aliphatic heterocycles. The Morgan fingerprint density at radius 2 is 0.763 bits per heavy atom. The lowest BCUT2D eigenvalue weighted by molar-refractivity contribution is -0.162. The van der Waals surface area contributed by atoms with Gasteiger partial charge in [-0.25, -0.2) is 0 Å². The van der Waals surface area contributed by atoms with Gasteiger partial charge in [0.25, 0.3) is 23.6 Å². The van der Waals surface area contributed by atoms with Gasteiger partial charge in [0, 0.05) is 92.6 Å². The van der Waals surface area contributed by atoms with Crippen LogP contribution in [-0.4, -0.2) is 260 Å². The molecule has 30 heteroatoms. The molecule has 4 atom stereocenters. The van der Waals surface area contributed by atoms with Gasteiger partial charge in [-0.1, -0.05) is 0 Å². The highest BCUT2D eigenvalue weighted by atomic mass is 127. The molecule has 4 unspecified atom stereocenters. The molecule has 1 heterocycles. The number of hydrogen-bond acceptors (Lipinski definition) is 18. The average molecular weight is 1750 g/mol. The van der Waals surface area contributed by atoms with E-state index < -0.39 is 132 Å². The molecule has 11 N–H and O–H groups in total. The van der Waals surface area contributed by atoms with Crippen LogP contribution >= 0.6 is 136 Å². The molecule has 0 aliphatic carbocycles. The number of amides is 6. The largest absolute Gasteiger partial charge is 0.395 e. The number of nitrogens with zero attached hydrogens (tertiary/aromatic N) is 6. The standard InChI is InChI=1S/C46H64I6N6O18/c1-25(68)57(40-36(49)30(42(71)53(3-11-59)4-12-60)34(47)31(37(40)50)43(72)54(5-13-61)6-14-62)22-27(70)19-46(75)20-28(76-29(21-46)24-67)23-58(26(2)69)41-38(51)32(44(73)55(7-15-63)8-16-64)35(48)33(39(41)52)45(74)56(9-17-65)10-18-66/h27-29,59-67,70,75H,3-24H2,1-2H3. The molecule has 1 saturated heterocycles. The molecule has 3 rings (SSSR count). The van der Waals surface area contributed by atoms with E-state index in [0.29, 0.717) is 0 Å². The number of rotatable bonds is 29. The fourth-order valence-electron chi connectivity index (χ4n) is 8.74. The third kappa shape index (κ3) is 17.4. The molecule has 0 saturated carbocycles.